The molecule has 13 heavy (non-hydrogen) atoms. The summed E-state index contributed by atoms with van der Waals surface area (Å²) in [7, 11) is 0. The van der Waals surface area contributed by atoms with Gasteiger partial charge in [-0.3, -0.25) is 4.79 Å². The van der Waals surface area contributed by atoms with E-state index in [9.17, 15) is 4.79 Å². The first-order valence-corrected chi connectivity index (χ1v) is 4.14. The number of hydrogen-bond acceptors (Lipinski definition) is 3. The number of aromatic nitrogens is 2. The number of H-pyrrole nitrogens is 1. The van der Waals surface area contributed by atoms with Gasteiger partial charge < -0.3 is 9.72 Å². The Morgan fingerprint density at radius 1 is 1.46 bits per heavy atom. The Kier molecular flexibility index (Phi) is 2.40. The van der Waals surface area contributed by atoms with E-state index in [1.165, 1.54) is 6.07 Å². The molecule has 4 heteroatoms. The second kappa shape index (κ2) is 3.20. The third-order valence-corrected chi connectivity index (χ3v) is 1.25. The lowest BCUT2D eigenvalue weighted by atomic mass is 10.2. The fraction of sp³-hybridized carbons (Fsp3) is 0.556. The third kappa shape index (κ3) is 3.27. The largest absolute Gasteiger partial charge is 0.472 e. The number of ether oxygens (including phenoxy) is 1. The average molecular weight is 182 g/mol. The molecule has 0 saturated heterocycles. The summed E-state index contributed by atoms with van der Waals surface area (Å²) >= 11 is 0. The van der Waals surface area contributed by atoms with Crippen molar-refractivity contribution in [1.29, 1.82) is 0 Å². The quantitative estimate of drug-likeness (QED) is 0.711. The molecule has 0 aliphatic heterocycles. The van der Waals surface area contributed by atoms with Gasteiger partial charge in [-0.05, 0) is 27.7 Å². The van der Waals surface area contributed by atoms with E-state index in [0.717, 1.165) is 0 Å². The van der Waals surface area contributed by atoms with E-state index in [0.29, 0.717) is 11.7 Å². The summed E-state index contributed by atoms with van der Waals surface area (Å²) in [6.45, 7) is 7.44. The maximum Gasteiger partial charge on any atom is 0.254 e. The van der Waals surface area contributed by atoms with Gasteiger partial charge in [0.15, 0.2) is 0 Å². The Labute approximate surface area is 77.0 Å². The van der Waals surface area contributed by atoms with E-state index in [-0.39, 0.29) is 11.2 Å². The first-order chi connectivity index (χ1) is 5.87. The summed E-state index contributed by atoms with van der Waals surface area (Å²) in [6, 6.07) is 1.35. The van der Waals surface area contributed by atoms with Gasteiger partial charge in [-0.1, -0.05) is 0 Å². The third-order valence-electron chi connectivity index (χ3n) is 1.25. The zero-order valence-corrected chi connectivity index (χ0v) is 8.34. The zero-order chi connectivity index (χ0) is 10.1. The SMILES string of the molecule is Cc1nc(OC(C)(C)C)cc(=O)[nH]1. The van der Waals surface area contributed by atoms with E-state index in [4.69, 9.17) is 4.74 Å². The molecule has 0 aliphatic carbocycles. The summed E-state index contributed by atoms with van der Waals surface area (Å²) in [5, 5.41) is 0. The topological polar surface area (TPSA) is 55.0 Å². The molecule has 0 aromatic carbocycles. The monoisotopic (exact) mass is 182 g/mol. The zero-order valence-electron chi connectivity index (χ0n) is 8.34. The van der Waals surface area contributed by atoms with Crippen LogP contribution in [0.1, 0.15) is 26.6 Å². The molecule has 4 nitrogen and oxygen atoms in total. The van der Waals surface area contributed by atoms with E-state index in [2.05, 4.69) is 9.97 Å². The molecule has 72 valence electrons. The van der Waals surface area contributed by atoms with Crippen LogP contribution < -0.4 is 10.3 Å². The summed E-state index contributed by atoms with van der Waals surface area (Å²) in [4.78, 5) is 17.6. The summed E-state index contributed by atoms with van der Waals surface area (Å²) in [6.07, 6.45) is 0. The molecule has 0 saturated carbocycles. The van der Waals surface area contributed by atoms with Crippen molar-refractivity contribution in [2.24, 2.45) is 0 Å². The molecule has 1 aromatic rings. The van der Waals surface area contributed by atoms with E-state index >= 15 is 0 Å². The molecule has 0 amide bonds. The maximum absolute atomic E-state index is 11.0. The van der Waals surface area contributed by atoms with Crippen LogP contribution in [-0.2, 0) is 0 Å². The minimum absolute atomic E-state index is 0.188. The Morgan fingerprint density at radius 2 is 2.08 bits per heavy atom. The van der Waals surface area contributed by atoms with Crippen molar-refractivity contribution in [2.75, 3.05) is 0 Å². The van der Waals surface area contributed by atoms with Crippen LogP contribution in [-0.4, -0.2) is 15.6 Å². The number of hydrogen-bond donors (Lipinski definition) is 1. The van der Waals surface area contributed by atoms with Crippen LogP contribution in [0, 0.1) is 6.92 Å². The number of nitrogens with one attached hydrogen (secondary N) is 1. The Bertz CT molecular complexity index is 349. The van der Waals surface area contributed by atoms with Crippen molar-refractivity contribution in [3.05, 3.63) is 22.2 Å². The molecule has 0 spiro atoms. The summed E-state index contributed by atoms with van der Waals surface area (Å²) in [5.74, 6) is 0.931. The highest BCUT2D eigenvalue weighted by Crippen LogP contribution is 2.12. The smallest absolute Gasteiger partial charge is 0.254 e. The molecule has 0 fully saturated rings. The van der Waals surface area contributed by atoms with E-state index < -0.39 is 0 Å². The highest BCUT2D eigenvalue weighted by molar-refractivity contribution is 5.09. The number of aromatic amines is 1. The van der Waals surface area contributed by atoms with Crippen LogP contribution in [0.15, 0.2) is 10.9 Å². The van der Waals surface area contributed by atoms with Crippen LogP contribution in [0.25, 0.3) is 0 Å². The Balaban J connectivity index is 2.96. The van der Waals surface area contributed by atoms with Crippen molar-refractivity contribution in [3.8, 4) is 5.88 Å². The predicted octanol–water partition coefficient (Wildman–Crippen LogP) is 1.26. The normalized spacial score (nSPS) is 11.4. The molecular formula is C9H14N2O2. The van der Waals surface area contributed by atoms with Gasteiger partial charge in [-0.2, -0.15) is 0 Å². The van der Waals surface area contributed by atoms with Crippen LogP contribution in [0.3, 0.4) is 0 Å². The molecule has 0 aliphatic rings. The molecule has 0 atom stereocenters. The maximum atomic E-state index is 11.0. The van der Waals surface area contributed by atoms with Crippen molar-refractivity contribution < 1.29 is 4.74 Å². The lowest BCUT2D eigenvalue weighted by molar-refractivity contribution is 0.123. The molecule has 1 aromatic heterocycles. The second-order valence-electron chi connectivity index (χ2n) is 3.88. The summed E-state index contributed by atoms with van der Waals surface area (Å²) < 4.78 is 5.43. The molecule has 0 radical (unpaired) electrons. The molecule has 1 N–H and O–H groups in total. The molecule has 0 unspecified atom stereocenters. The second-order valence-corrected chi connectivity index (χ2v) is 3.88. The van der Waals surface area contributed by atoms with E-state index in [1.54, 1.807) is 6.92 Å². The van der Waals surface area contributed by atoms with Gasteiger partial charge in [0.1, 0.15) is 11.4 Å². The first-order valence-electron chi connectivity index (χ1n) is 4.14. The molecular weight excluding hydrogens is 168 g/mol. The van der Waals surface area contributed by atoms with Crippen LogP contribution in [0.2, 0.25) is 0 Å². The minimum atomic E-state index is -0.326. The minimum Gasteiger partial charge on any atom is -0.472 e. The highest BCUT2D eigenvalue weighted by Gasteiger charge is 2.12. The molecule has 1 heterocycles. The average Bonchev–Trinajstić information content (AvgIpc) is 1.78. The number of rotatable bonds is 1. The van der Waals surface area contributed by atoms with Gasteiger partial charge in [0.25, 0.3) is 5.56 Å². The van der Waals surface area contributed by atoms with Gasteiger partial charge in [0.2, 0.25) is 5.88 Å². The first kappa shape index (κ1) is 9.77. The van der Waals surface area contributed by atoms with Gasteiger partial charge in [0.05, 0.1) is 6.07 Å². The van der Waals surface area contributed by atoms with Crippen molar-refractivity contribution in [3.63, 3.8) is 0 Å². The molecule has 0 bridgehead atoms. The summed E-state index contributed by atoms with van der Waals surface area (Å²) in [5.41, 5.74) is -0.514. The fourth-order valence-electron chi connectivity index (χ4n) is 0.918. The van der Waals surface area contributed by atoms with Crippen molar-refractivity contribution in [2.45, 2.75) is 33.3 Å². The van der Waals surface area contributed by atoms with Crippen LogP contribution in [0.5, 0.6) is 5.88 Å². The van der Waals surface area contributed by atoms with E-state index in [1.807, 2.05) is 20.8 Å². The number of aryl methyl sites for hydroxylation is 1. The number of nitrogens with zero attached hydrogens (tertiary/aromatic N) is 1. The molecule has 1 rings (SSSR count). The van der Waals surface area contributed by atoms with Gasteiger partial charge in [-0.25, -0.2) is 4.98 Å². The highest BCUT2D eigenvalue weighted by atomic mass is 16.5. The standard InChI is InChI=1S/C9H14N2O2/c1-6-10-7(12)5-8(11-6)13-9(2,3)4/h5H,1-4H3,(H,10,11,12). The van der Waals surface area contributed by atoms with Crippen molar-refractivity contribution in [1.82, 2.24) is 9.97 Å². The van der Waals surface area contributed by atoms with Gasteiger partial charge in [0, 0.05) is 0 Å². The van der Waals surface area contributed by atoms with Crippen LogP contribution in [0.4, 0.5) is 0 Å². The van der Waals surface area contributed by atoms with Crippen molar-refractivity contribution >= 4 is 0 Å². The van der Waals surface area contributed by atoms with Crippen LogP contribution >= 0.6 is 0 Å². The lowest BCUT2D eigenvalue weighted by Crippen LogP contribution is -2.25. The fourth-order valence-corrected chi connectivity index (χ4v) is 0.918. The lowest BCUT2D eigenvalue weighted by Gasteiger charge is -2.19. The Morgan fingerprint density at radius 3 is 2.54 bits per heavy atom. The van der Waals surface area contributed by atoms with Gasteiger partial charge in [-0.15, -0.1) is 0 Å². The van der Waals surface area contributed by atoms with Gasteiger partial charge >= 0.3 is 0 Å². The Hall–Kier alpha value is -1.32. The predicted molar refractivity (Wildman–Crippen MR) is 50.0 cm³/mol.